The molecule has 1 N–H and O–H groups in total. The molecule has 1 atom stereocenters. The number of halogens is 1. The lowest BCUT2D eigenvalue weighted by atomic mass is 9.97. The second-order valence-corrected chi connectivity index (χ2v) is 9.85. The molecule has 0 radical (unpaired) electrons. The van der Waals surface area contributed by atoms with E-state index in [0.29, 0.717) is 5.69 Å². The van der Waals surface area contributed by atoms with Crippen molar-refractivity contribution >= 4 is 39.2 Å². The molecule has 1 aliphatic rings. The van der Waals surface area contributed by atoms with E-state index in [4.69, 9.17) is 0 Å². The molecule has 0 saturated heterocycles. The monoisotopic (exact) mass is 542 g/mol. The second-order valence-electron chi connectivity index (χ2n) is 9.00. The summed E-state index contributed by atoms with van der Waals surface area (Å²) in [6, 6.07) is 28.6. The number of carbonyl (C=O) groups excluding carboxylic acids is 2. The standard InChI is InChI=1S/C29H27BrN4O2/c1-20(2)33(29(36)31-23-14-7-6-13-22(23)30)19-27(35)34-25-16-9-8-15-24(25)32-18-10-17-26(32)28(34)21-11-4-3-5-12-21/h3-18,20,28H,19H2,1-2H3,(H,31,36). The highest BCUT2D eigenvalue weighted by Crippen LogP contribution is 2.42. The van der Waals surface area contributed by atoms with Crippen molar-refractivity contribution in [1.82, 2.24) is 9.47 Å². The van der Waals surface area contributed by atoms with Crippen LogP contribution in [-0.2, 0) is 4.79 Å². The third-order valence-corrected chi connectivity index (χ3v) is 7.10. The lowest BCUT2D eigenvalue weighted by molar-refractivity contribution is -0.119. The van der Waals surface area contributed by atoms with E-state index in [1.54, 1.807) is 4.90 Å². The van der Waals surface area contributed by atoms with Crippen LogP contribution in [0.4, 0.5) is 16.2 Å². The lowest BCUT2D eigenvalue weighted by Crippen LogP contribution is -2.49. The zero-order valence-electron chi connectivity index (χ0n) is 20.1. The SMILES string of the molecule is CC(C)N(CC(=O)N1c2ccccc2-n2cccc2C1c1ccccc1)C(=O)Nc1ccccc1Br. The van der Waals surface area contributed by atoms with Crippen LogP contribution in [0.5, 0.6) is 0 Å². The summed E-state index contributed by atoms with van der Waals surface area (Å²) in [4.78, 5) is 30.8. The van der Waals surface area contributed by atoms with E-state index >= 15 is 0 Å². The van der Waals surface area contributed by atoms with Gasteiger partial charge >= 0.3 is 6.03 Å². The quantitative estimate of drug-likeness (QED) is 0.308. The Balaban J connectivity index is 1.51. The van der Waals surface area contributed by atoms with E-state index in [2.05, 4.69) is 25.8 Å². The number of para-hydroxylation sites is 3. The van der Waals surface area contributed by atoms with E-state index in [0.717, 1.165) is 27.1 Å². The van der Waals surface area contributed by atoms with Gasteiger partial charge in [0.1, 0.15) is 12.6 Å². The number of hydrogen-bond acceptors (Lipinski definition) is 2. The summed E-state index contributed by atoms with van der Waals surface area (Å²) in [5, 5.41) is 2.94. The van der Waals surface area contributed by atoms with E-state index in [1.807, 2.05) is 116 Å². The summed E-state index contributed by atoms with van der Waals surface area (Å²) >= 11 is 3.48. The molecule has 4 aromatic rings. The maximum atomic E-state index is 14.1. The summed E-state index contributed by atoms with van der Waals surface area (Å²) in [5.41, 5.74) is 4.42. The molecule has 7 heteroatoms. The van der Waals surface area contributed by atoms with Crippen molar-refractivity contribution in [3.8, 4) is 5.69 Å². The van der Waals surface area contributed by atoms with Gasteiger partial charge in [-0.25, -0.2) is 4.79 Å². The van der Waals surface area contributed by atoms with Crippen LogP contribution in [0.1, 0.15) is 31.1 Å². The number of urea groups is 1. The van der Waals surface area contributed by atoms with Gasteiger partial charge in [0.15, 0.2) is 0 Å². The minimum absolute atomic E-state index is 0.0632. The molecule has 0 fully saturated rings. The van der Waals surface area contributed by atoms with Crippen molar-refractivity contribution in [2.75, 3.05) is 16.8 Å². The predicted molar refractivity (Wildman–Crippen MR) is 147 cm³/mol. The molecule has 182 valence electrons. The average molecular weight is 543 g/mol. The highest BCUT2D eigenvalue weighted by Gasteiger charge is 2.37. The summed E-state index contributed by atoms with van der Waals surface area (Å²) in [7, 11) is 0. The van der Waals surface area contributed by atoms with Gasteiger partial charge < -0.3 is 14.8 Å². The fraction of sp³-hybridized carbons (Fsp3) is 0.172. The molecular weight excluding hydrogens is 516 g/mol. The summed E-state index contributed by atoms with van der Waals surface area (Å²) in [5.74, 6) is -0.153. The first-order chi connectivity index (χ1) is 17.5. The molecule has 2 heterocycles. The van der Waals surface area contributed by atoms with Crippen LogP contribution in [0.15, 0.2) is 102 Å². The van der Waals surface area contributed by atoms with Crippen LogP contribution in [0.2, 0.25) is 0 Å². The van der Waals surface area contributed by atoms with Crippen molar-refractivity contribution in [1.29, 1.82) is 0 Å². The molecule has 0 spiro atoms. The maximum absolute atomic E-state index is 14.1. The number of rotatable bonds is 5. The third-order valence-electron chi connectivity index (χ3n) is 6.41. The number of benzene rings is 3. The number of aromatic nitrogens is 1. The van der Waals surface area contributed by atoms with Crippen LogP contribution < -0.4 is 10.2 Å². The van der Waals surface area contributed by atoms with Crippen molar-refractivity contribution in [2.45, 2.75) is 25.9 Å². The zero-order chi connectivity index (χ0) is 25.2. The van der Waals surface area contributed by atoms with E-state index < -0.39 is 0 Å². The highest BCUT2D eigenvalue weighted by atomic mass is 79.9. The van der Waals surface area contributed by atoms with Gasteiger partial charge in [0.05, 0.1) is 22.8 Å². The Labute approximate surface area is 219 Å². The Kier molecular flexibility index (Phi) is 6.65. The Hall–Kier alpha value is -3.84. The van der Waals surface area contributed by atoms with E-state index in [-0.39, 0.29) is 30.6 Å². The normalized spacial score (nSPS) is 14.2. The van der Waals surface area contributed by atoms with Gasteiger partial charge in [0, 0.05) is 16.7 Å². The van der Waals surface area contributed by atoms with Crippen LogP contribution in [0.3, 0.4) is 0 Å². The lowest BCUT2D eigenvalue weighted by Gasteiger charge is -2.40. The molecule has 3 aromatic carbocycles. The minimum atomic E-state index is -0.324. The Morgan fingerprint density at radius 2 is 1.56 bits per heavy atom. The predicted octanol–water partition coefficient (Wildman–Crippen LogP) is 6.62. The van der Waals surface area contributed by atoms with Crippen LogP contribution in [0, 0.1) is 0 Å². The first-order valence-corrected chi connectivity index (χ1v) is 12.7. The first kappa shape index (κ1) is 23.9. The van der Waals surface area contributed by atoms with Gasteiger partial charge in [-0.15, -0.1) is 0 Å². The number of fused-ring (bicyclic) bond motifs is 3. The van der Waals surface area contributed by atoms with E-state index in [1.165, 1.54) is 0 Å². The number of anilines is 2. The molecule has 0 saturated carbocycles. The van der Waals surface area contributed by atoms with Gasteiger partial charge in [0.25, 0.3) is 0 Å². The van der Waals surface area contributed by atoms with E-state index in [9.17, 15) is 9.59 Å². The fourth-order valence-electron chi connectivity index (χ4n) is 4.67. The average Bonchev–Trinajstić information content (AvgIpc) is 3.38. The van der Waals surface area contributed by atoms with Crippen molar-refractivity contribution in [2.24, 2.45) is 0 Å². The third kappa shape index (κ3) is 4.42. The number of nitrogens with zero attached hydrogens (tertiary/aromatic N) is 3. The fourth-order valence-corrected chi connectivity index (χ4v) is 5.06. The number of hydrogen-bond donors (Lipinski definition) is 1. The zero-order valence-corrected chi connectivity index (χ0v) is 21.7. The molecule has 36 heavy (non-hydrogen) atoms. The Morgan fingerprint density at radius 1 is 0.889 bits per heavy atom. The van der Waals surface area contributed by atoms with Gasteiger partial charge in [-0.05, 0) is 71.7 Å². The Morgan fingerprint density at radius 3 is 2.28 bits per heavy atom. The number of amides is 3. The van der Waals surface area contributed by atoms with Crippen LogP contribution >= 0.6 is 15.9 Å². The van der Waals surface area contributed by atoms with Crippen LogP contribution in [-0.4, -0.2) is 34.0 Å². The van der Waals surface area contributed by atoms with Crippen molar-refractivity contribution in [3.63, 3.8) is 0 Å². The molecule has 5 rings (SSSR count). The van der Waals surface area contributed by atoms with Gasteiger partial charge in [0.2, 0.25) is 5.91 Å². The molecule has 3 amide bonds. The number of carbonyl (C=O) groups is 2. The molecule has 1 aliphatic heterocycles. The molecule has 1 aromatic heterocycles. The van der Waals surface area contributed by atoms with Gasteiger partial charge in [-0.1, -0.05) is 54.6 Å². The first-order valence-electron chi connectivity index (χ1n) is 11.9. The summed E-state index contributed by atoms with van der Waals surface area (Å²) < 4.78 is 2.92. The molecule has 0 bridgehead atoms. The topological polar surface area (TPSA) is 57.6 Å². The molecular formula is C29H27BrN4O2. The Bertz CT molecular complexity index is 1400. The van der Waals surface area contributed by atoms with Gasteiger partial charge in [-0.3, -0.25) is 9.69 Å². The smallest absolute Gasteiger partial charge is 0.316 e. The van der Waals surface area contributed by atoms with Crippen molar-refractivity contribution in [3.05, 3.63) is 113 Å². The van der Waals surface area contributed by atoms with Crippen molar-refractivity contribution < 1.29 is 9.59 Å². The molecule has 6 nitrogen and oxygen atoms in total. The summed E-state index contributed by atoms with van der Waals surface area (Å²) in [6.45, 7) is 3.76. The maximum Gasteiger partial charge on any atom is 0.322 e. The van der Waals surface area contributed by atoms with Gasteiger partial charge in [-0.2, -0.15) is 0 Å². The molecule has 1 unspecified atom stereocenters. The molecule has 0 aliphatic carbocycles. The minimum Gasteiger partial charge on any atom is -0.316 e. The number of nitrogens with one attached hydrogen (secondary N) is 1. The largest absolute Gasteiger partial charge is 0.322 e. The van der Waals surface area contributed by atoms with Crippen LogP contribution in [0.25, 0.3) is 5.69 Å². The summed E-state index contributed by atoms with van der Waals surface area (Å²) in [6.07, 6.45) is 2.03. The second kappa shape index (κ2) is 10.0. The highest BCUT2D eigenvalue weighted by molar-refractivity contribution is 9.10.